The zero-order valence-corrected chi connectivity index (χ0v) is 19.7. The van der Waals surface area contributed by atoms with Crippen molar-refractivity contribution in [3.8, 4) is 0 Å². The van der Waals surface area contributed by atoms with Crippen LogP contribution in [-0.2, 0) is 14.8 Å². The minimum absolute atomic E-state index is 0.121. The molecule has 5 rings (SSSR count). The standard InChI is InChI=1S/C26H20BrNO3S/c1-17-6-14-23(15-7-17)32(30,31)28-25(19-10-12-22(27)13-11-19)24(26(28)29)21-9-8-18-4-2-3-5-20(18)16-21/h2-16,24-25H,1H3/t24-,25-/m0/s1. The van der Waals surface area contributed by atoms with Gasteiger partial charge in [-0.05, 0) is 53.1 Å². The van der Waals surface area contributed by atoms with Crippen molar-refractivity contribution >= 4 is 42.6 Å². The van der Waals surface area contributed by atoms with Crippen LogP contribution in [0.25, 0.3) is 10.8 Å². The van der Waals surface area contributed by atoms with Crippen molar-refractivity contribution < 1.29 is 13.2 Å². The maximum absolute atomic E-state index is 13.5. The lowest BCUT2D eigenvalue weighted by molar-refractivity contribution is -0.141. The molecule has 0 radical (unpaired) electrons. The predicted molar refractivity (Wildman–Crippen MR) is 129 cm³/mol. The van der Waals surface area contributed by atoms with Crippen molar-refractivity contribution in [2.75, 3.05) is 0 Å². The van der Waals surface area contributed by atoms with E-state index in [0.717, 1.165) is 36.2 Å². The average molecular weight is 506 g/mol. The van der Waals surface area contributed by atoms with E-state index in [2.05, 4.69) is 15.9 Å². The van der Waals surface area contributed by atoms with E-state index < -0.39 is 27.9 Å². The zero-order valence-electron chi connectivity index (χ0n) is 17.3. The third-order valence-electron chi connectivity index (χ3n) is 5.97. The van der Waals surface area contributed by atoms with Crippen LogP contribution in [-0.4, -0.2) is 18.6 Å². The molecule has 0 aromatic heterocycles. The maximum atomic E-state index is 13.5. The smallest absolute Gasteiger partial charge is 0.267 e. The van der Waals surface area contributed by atoms with E-state index in [1.54, 1.807) is 24.3 Å². The van der Waals surface area contributed by atoms with Crippen LogP contribution in [0.4, 0.5) is 0 Å². The summed E-state index contributed by atoms with van der Waals surface area (Å²) in [5.74, 6) is -0.977. The number of carbonyl (C=O) groups excluding carboxylic acids is 1. The molecule has 1 aliphatic rings. The van der Waals surface area contributed by atoms with Crippen molar-refractivity contribution in [2.45, 2.75) is 23.8 Å². The number of aryl methyl sites for hydroxylation is 1. The molecule has 4 aromatic rings. The third kappa shape index (κ3) is 3.44. The number of rotatable bonds is 4. The molecule has 1 aliphatic heterocycles. The summed E-state index contributed by atoms with van der Waals surface area (Å²) in [6.45, 7) is 1.89. The van der Waals surface area contributed by atoms with Gasteiger partial charge < -0.3 is 0 Å². The molecule has 2 atom stereocenters. The minimum Gasteiger partial charge on any atom is -0.273 e. The lowest BCUT2D eigenvalue weighted by Gasteiger charge is -2.46. The monoisotopic (exact) mass is 505 g/mol. The van der Waals surface area contributed by atoms with Crippen molar-refractivity contribution in [1.82, 2.24) is 4.31 Å². The Kier molecular flexibility index (Phi) is 5.14. The molecule has 1 heterocycles. The first-order chi connectivity index (χ1) is 15.4. The van der Waals surface area contributed by atoms with Crippen molar-refractivity contribution in [3.63, 3.8) is 0 Å². The lowest BCUT2D eigenvalue weighted by atomic mass is 9.79. The number of fused-ring (bicyclic) bond motifs is 1. The molecule has 0 saturated carbocycles. The Morgan fingerprint density at radius 3 is 2.09 bits per heavy atom. The molecule has 160 valence electrons. The molecule has 4 nitrogen and oxygen atoms in total. The van der Waals surface area contributed by atoms with Crippen molar-refractivity contribution in [1.29, 1.82) is 0 Å². The second-order valence-electron chi connectivity index (χ2n) is 8.03. The summed E-state index contributed by atoms with van der Waals surface area (Å²) in [5.41, 5.74) is 2.55. The second kappa shape index (κ2) is 7.87. The lowest BCUT2D eigenvalue weighted by Crippen LogP contribution is -2.55. The Balaban J connectivity index is 1.62. The van der Waals surface area contributed by atoms with Gasteiger partial charge in [0.05, 0.1) is 16.9 Å². The van der Waals surface area contributed by atoms with E-state index in [1.165, 1.54) is 0 Å². The number of sulfonamides is 1. The van der Waals surface area contributed by atoms with Gasteiger partial charge in [-0.15, -0.1) is 0 Å². The van der Waals surface area contributed by atoms with Crippen LogP contribution < -0.4 is 0 Å². The molecular weight excluding hydrogens is 486 g/mol. The van der Waals surface area contributed by atoms with Crippen LogP contribution >= 0.6 is 15.9 Å². The largest absolute Gasteiger partial charge is 0.273 e. The van der Waals surface area contributed by atoms with Crippen LogP contribution in [0, 0.1) is 6.92 Å². The Labute approximate surface area is 195 Å². The van der Waals surface area contributed by atoms with Gasteiger partial charge in [-0.1, -0.05) is 88.2 Å². The first-order valence-corrected chi connectivity index (χ1v) is 12.5. The van der Waals surface area contributed by atoms with Gasteiger partial charge in [0.1, 0.15) is 0 Å². The summed E-state index contributed by atoms with van der Waals surface area (Å²) in [4.78, 5) is 13.5. The molecule has 1 amide bonds. The number of β-lactam (4-membered cyclic amide) rings is 1. The Bertz CT molecular complexity index is 1430. The topological polar surface area (TPSA) is 54.5 Å². The number of benzene rings is 4. The fraction of sp³-hybridized carbons (Fsp3) is 0.115. The molecular formula is C26H20BrNO3S. The van der Waals surface area contributed by atoms with E-state index in [0.29, 0.717) is 0 Å². The van der Waals surface area contributed by atoms with Gasteiger partial charge in [0.2, 0.25) is 5.91 Å². The molecule has 0 bridgehead atoms. The van der Waals surface area contributed by atoms with E-state index in [4.69, 9.17) is 0 Å². The minimum atomic E-state index is -3.99. The third-order valence-corrected chi connectivity index (χ3v) is 8.30. The van der Waals surface area contributed by atoms with Crippen LogP contribution in [0.5, 0.6) is 0 Å². The first kappa shape index (κ1) is 20.9. The summed E-state index contributed by atoms with van der Waals surface area (Å²) < 4.78 is 28.9. The van der Waals surface area contributed by atoms with Crippen molar-refractivity contribution in [3.05, 3.63) is 112 Å². The maximum Gasteiger partial charge on any atom is 0.267 e. The predicted octanol–water partition coefficient (Wildman–Crippen LogP) is 5.97. The fourth-order valence-electron chi connectivity index (χ4n) is 4.27. The Hall–Kier alpha value is -2.96. The molecule has 0 spiro atoms. The number of hydrogen-bond donors (Lipinski definition) is 0. The van der Waals surface area contributed by atoms with Crippen LogP contribution in [0.15, 0.2) is 100 Å². The molecule has 0 aliphatic carbocycles. The van der Waals surface area contributed by atoms with E-state index in [1.807, 2.05) is 73.7 Å². The van der Waals surface area contributed by atoms with E-state index >= 15 is 0 Å². The molecule has 4 aromatic carbocycles. The van der Waals surface area contributed by atoms with Gasteiger partial charge in [0, 0.05) is 4.47 Å². The highest BCUT2D eigenvalue weighted by Gasteiger charge is 2.54. The quantitative estimate of drug-likeness (QED) is 0.321. The number of carbonyl (C=O) groups is 1. The van der Waals surface area contributed by atoms with Gasteiger partial charge in [0.25, 0.3) is 10.0 Å². The summed E-state index contributed by atoms with van der Waals surface area (Å²) >= 11 is 3.43. The van der Waals surface area contributed by atoms with Gasteiger partial charge in [0.15, 0.2) is 0 Å². The van der Waals surface area contributed by atoms with Crippen LogP contribution in [0.1, 0.15) is 28.7 Å². The summed E-state index contributed by atoms with van der Waals surface area (Å²) in [7, 11) is -3.99. The summed E-state index contributed by atoms with van der Waals surface area (Å²) in [6.07, 6.45) is 0. The molecule has 0 N–H and O–H groups in total. The number of nitrogens with zero attached hydrogens (tertiary/aromatic N) is 1. The van der Waals surface area contributed by atoms with Gasteiger partial charge >= 0.3 is 0 Å². The van der Waals surface area contributed by atoms with E-state index in [9.17, 15) is 13.2 Å². The molecule has 32 heavy (non-hydrogen) atoms. The van der Waals surface area contributed by atoms with E-state index in [-0.39, 0.29) is 4.90 Å². The molecule has 1 saturated heterocycles. The summed E-state index contributed by atoms with van der Waals surface area (Å²) in [6, 6.07) is 27.3. The van der Waals surface area contributed by atoms with Crippen molar-refractivity contribution in [2.24, 2.45) is 0 Å². The Morgan fingerprint density at radius 2 is 1.41 bits per heavy atom. The summed E-state index contributed by atoms with van der Waals surface area (Å²) in [5, 5.41) is 2.10. The zero-order chi connectivity index (χ0) is 22.5. The van der Waals surface area contributed by atoms with Gasteiger partial charge in [-0.3, -0.25) is 4.79 Å². The van der Waals surface area contributed by atoms with Crippen LogP contribution in [0.2, 0.25) is 0 Å². The normalized spacial score (nSPS) is 18.6. The first-order valence-electron chi connectivity index (χ1n) is 10.3. The molecule has 0 unspecified atom stereocenters. The number of hydrogen-bond acceptors (Lipinski definition) is 3. The number of amides is 1. The Morgan fingerprint density at radius 1 is 0.781 bits per heavy atom. The highest BCUT2D eigenvalue weighted by atomic mass is 79.9. The molecule has 6 heteroatoms. The fourth-order valence-corrected chi connectivity index (χ4v) is 6.13. The van der Waals surface area contributed by atoms with Gasteiger partial charge in [-0.2, -0.15) is 0 Å². The number of halogens is 1. The average Bonchev–Trinajstić information content (AvgIpc) is 2.78. The molecule has 1 fully saturated rings. The highest BCUT2D eigenvalue weighted by molar-refractivity contribution is 9.10. The SMILES string of the molecule is Cc1ccc(S(=O)(=O)N2C(=O)[C@@H](c3ccc4ccccc4c3)[C@@H]2c2ccc(Br)cc2)cc1. The van der Waals surface area contributed by atoms with Crippen LogP contribution in [0.3, 0.4) is 0 Å². The second-order valence-corrected chi connectivity index (χ2v) is 10.8. The highest BCUT2D eigenvalue weighted by Crippen LogP contribution is 2.50. The van der Waals surface area contributed by atoms with Gasteiger partial charge in [-0.25, -0.2) is 12.7 Å².